The zero-order chi connectivity index (χ0) is 8.10. The molecule has 3 nitrogen and oxygen atoms in total. The topological polar surface area (TPSA) is 28.0 Å². The van der Waals surface area contributed by atoms with E-state index in [-0.39, 0.29) is 0 Å². The Balaban J connectivity index is 2.24. The van der Waals surface area contributed by atoms with Gasteiger partial charge in [-0.3, -0.25) is 9.98 Å². The maximum Gasteiger partial charge on any atom is 0.0844 e. The van der Waals surface area contributed by atoms with Gasteiger partial charge < -0.3 is 4.90 Å². The molecule has 4 heteroatoms. The Morgan fingerprint density at radius 3 is 3.27 bits per heavy atom. The van der Waals surface area contributed by atoms with Crippen LogP contribution in [0.5, 0.6) is 0 Å². The fourth-order valence-corrected chi connectivity index (χ4v) is 1.76. The fourth-order valence-electron chi connectivity index (χ4n) is 1.00. The molecular weight excluding hydrogens is 158 g/mol. The minimum Gasteiger partial charge on any atom is -0.364 e. The molecule has 0 bridgehead atoms. The lowest BCUT2D eigenvalue weighted by molar-refractivity contribution is 0.481. The maximum atomic E-state index is 4.29. The minimum absolute atomic E-state index is 0.461. The summed E-state index contributed by atoms with van der Waals surface area (Å²) >= 11 is 1.78. The van der Waals surface area contributed by atoms with Crippen LogP contribution in [0.15, 0.2) is 9.98 Å². The SMILES string of the molecule is CN=CN(C)CC1CSC=N1. The van der Waals surface area contributed by atoms with Crippen molar-refractivity contribution in [2.45, 2.75) is 6.04 Å². The minimum atomic E-state index is 0.461. The van der Waals surface area contributed by atoms with E-state index in [4.69, 9.17) is 0 Å². The van der Waals surface area contributed by atoms with Gasteiger partial charge in [-0.15, -0.1) is 11.8 Å². The van der Waals surface area contributed by atoms with Crippen LogP contribution in [0.25, 0.3) is 0 Å². The van der Waals surface area contributed by atoms with Gasteiger partial charge in [0.1, 0.15) is 0 Å². The molecule has 1 heterocycles. The highest BCUT2D eigenvalue weighted by atomic mass is 32.2. The molecule has 11 heavy (non-hydrogen) atoms. The number of hydrogen-bond donors (Lipinski definition) is 0. The van der Waals surface area contributed by atoms with Crippen molar-refractivity contribution in [3.8, 4) is 0 Å². The van der Waals surface area contributed by atoms with Gasteiger partial charge in [0.25, 0.3) is 0 Å². The van der Waals surface area contributed by atoms with Crippen molar-refractivity contribution in [1.82, 2.24) is 4.90 Å². The van der Waals surface area contributed by atoms with Crippen LogP contribution in [0.2, 0.25) is 0 Å². The van der Waals surface area contributed by atoms with Gasteiger partial charge in [-0.05, 0) is 0 Å². The molecular formula is C7H13N3S. The molecule has 0 spiro atoms. The number of likely N-dealkylation sites (N-methyl/N-ethyl adjacent to an activating group) is 1. The van der Waals surface area contributed by atoms with Gasteiger partial charge >= 0.3 is 0 Å². The largest absolute Gasteiger partial charge is 0.364 e. The number of hydrogen-bond acceptors (Lipinski definition) is 3. The summed E-state index contributed by atoms with van der Waals surface area (Å²) in [7, 11) is 3.80. The molecule has 0 aromatic rings. The Kier molecular flexibility index (Phi) is 3.42. The molecule has 0 aliphatic carbocycles. The molecule has 1 unspecified atom stereocenters. The third-order valence-electron chi connectivity index (χ3n) is 1.45. The van der Waals surface area contributed by atoms with Gasteiger partial charge in [-0.2, -0.15) is 0 Å². The van der Waals surface area contributed by atoms with Crippen LogP contribution in [0, 0.1) is 0 Å². The molecule has 62 valence electrons. The van der Waals surface area contributed by atoms with E-state index in [1.165, 1.54) is 0 Å². The average Bonchev–Trinajstić information content (AvgIpc) is 2.40. The smallest absolute Gasteiger partial charge is 0.0844 e. The van der Waals surface area contributed by atoms with Gasteiger partial charge in [0.05, 0.1) is 17.9 Å². The third kappa shape index (κ3) is 2.93. The predicted molar refractivity (Wildman–Crippen MR) is 51.8 cm³/mol. The average molecular weight is 171 g/mol. The van der Waals surface area contributed by atoms with Crippen molar-refractivity contribution in [1.29, 1.82) is 0 Å². The highest BCUT2D eigenvalue weighted by Gasteiger charge is 2.11. The fraction of sp³-hybridized carbons (Fsp3) is 0.714. The Hall–Kier alpha value is -0.510. The summed E-state index contributed by atoms with van der Waals surface area (Å²) < 4.78 is 0. The zero-order valence-electron chi connectivity index (χ0n) is 6.90. The maximum absolute atomic E-state index is 4.29. The van der Waals surface area contributed by atoms with Gasteiger partial charge in [0, 0.05) is 26.4 Å². The highest BCUT2D eigenvalue weighted by Crippen LogP contribution is 2.11. The lowest BCUT2D eigenvalue weighted by atomic mass is 10.3. The molecule has 0 saturated carbocycles. The molecule has 0 fully saturated rings. The van der Waals surface area contributed by atoms with Crippen molar-refractivity contribution in [2.24, 2.45) is 9.98 Å². The summed E-state index contributed by atoms with van der Waals surface area (Å²) in [4.78, 5) is 10.3. The van der Waals surface area contributed by atoms with Crippen LogP contribution in [-0.2, 0) is 0 Å². The summed E-state index contributed by atoms with van der Waals surface area (Å²) in [5.74, 6) is 1.11. The first kappa shape index (κ1) is 8.59. The molecule has 1 atom stereocenters. The van der Waals surface area contributed by atoms with Crippen molar-refractivity contribution in [3.63, 3.8) is 0 Å². The summed E-state index contributed by atoms with van der Waals surface area (Å²) in [6, 6.07) is 0.461. The van der Waals surface area contributed by atoms with E-state index in [1.807, 2.05) is 18.9 Å². The predicted octanol–water partition coefficient (Wildman–Crippen LogP) is 0.720. The number of thioether (sulfide) groups is 1. The van der Waals surface area contributed by atoms with Crippen LogP contribution in [0.3, 0.4) is 0 Å². The molecule has 1 rings (SSSR count). The quantitative estimate of drug-likeness (QED) is 0.462. The second kappa shape index (κ2) is 4.38. The Bertz CT molecular complexity index is 167. The van der Waals surface area contributed by atoms with Crippen molar-refractivity contribution < 1.29 is 0 Å². The van der Waals surface area contributed by atoms with Gasteiger partial charge in [-0.25, -0.2) is 0 Å². The van der Waals surface area contributed by atoms with Crippen LogP contribution in [0.1, 0.15) is 0 Å². The lowest BCUT2D eigenvalue weighted by Crippen LogP contribution is -2.27. The molecule has 0 N–H and O–H groups in total. The Labute approximate surface area is 71.6 Å². The van der Waals surface area contributed by atoms with Gasteiger partial charge in [0.15, 0.2) is 0 Å². The second-order valence-electron chi connectivity index (χ2n) is 2.55. The summed E-state index contributed by atoms with van der Waals surface area (Å²) in [5, 5.41) is 0. The molecule has 0 aromatic heterocycles. The van der Waals surface area contributed by atoms with Crippen LogP contribution < -0.4 is 0 Å². The molecule has 1 aliphatic rings. The van der Waals surface area contributed by atoms with E-state index >= 15 is 0 Å². The molecule has 1 aliphatic heterocycles. The molecule has 0 amide bonds. The van der Waals surface area contributed by atoms with E-state index in [0.29, 0.717) is 6.04 Å². The Morgan fingerprint density at radius 2 is 2.73 bits per heavy atom. The first-order valence-corrected chi connectivity index (χ1v) is 4.63. The normalized spacial score (nSPS) is 23.3. The van der Waals surface area contributed by atoms with Gasteiger partial charge in [0.2, 0.25) is 0 Å². The standard InChI is InChI=1S/C7H13N3S/c1-8-5-10(2)3-7-4-11-6-9-7/h5-7H,3-4H2,1-2H3. The summed E-state index contributed by atoms with van der Waals surface area (Å²) in [5.41, 5.74) is 1.93. The third-order valence-corrected chi connectivity index (χ3v) is 2.29. The summed E-state index contributed by atoms with van der Waals surface area (Å²) in [6.45, 7) is 0.973. The van der Waals surface area contributed by atoms with E-state index in [1.54, 1.807) is 18.8 Å². The monoisotopic (exact) mass is 171 g/mol. The number of nitrogens with zero attached hydrogens (tertiary/aromatic N) is 3. The highest BCUT2D eigenvalue weighted by molar-refractivity contribution is 8.12. The summed E-state index contributed by atoms with van der Waals surface area (Å²) in [6.07, 6.45) is 1.83. The Morgan fingerprint density at radius 1 is 1.91 bits per heavy atom. The molecule has 0 radical (unpaired) electrons. The van der Waals surface area contributed by atoms with Crippen molar-refractivity contribution in [2.75, 3.05) is 26.4 Å². The second-order valence-corrected chi connectivity index (χ2v) is 3.43. The first-order chi connectivity index (χ1) is 5.33. The van der Waals surface area contributed by atoms with E-state index in [9.17, 15) is 0 Å². The van der Waals surface area contributed by atoms with Crippen LogP contribution >= 0.6 is 11.8 Å². The van der Waals surface area contributed by atoms with Gasteiger partial charge in [-0.1, -0.05) is 0 Å². The van der Waals surface area contributed by atoms with Crippen molar-refractivity contribution >= 4 is 23.6 Å². The number of rotatable bonds is 3. The lowest BCUT2D eigenvalue weighted by Gasteiger charge is -2.15. The van der Waals surface area contributed by atoms with E-state index in [0.717, 1.165) is 12.3 Å². The first-order valence-electron chi connectivity index (χ1n) is 3.58. The number of aliphatic imine (C=N–C) groups is 2. The van der Waals surface area contributed by atoms with E-state index < -0.39 is 0 Å². The molecule has 0 aromatic carbocycles. The van der Waals surface area contributed by atoms with E-state index in [2.05, 4.69) is 14.9 Å². The zero-order valence-corrected chi connectivity index (χ0v) is 7.71. The molecule has 0 saturated heterocycles. The van der Waals surface area contributed by atoms with Crippen LogP contribution in [-0.4, -0.2) is 49.2 Å². The van der Waals surface area contributed by atoms with Crippen molar-refractivity contribution in [3.05, 3.63) is 0 Å². The van der Waals surface area contributed by atoms with Crippen LogP contribution in [0.4, 0.5) is 0 Å².